The van der Waals surface area contributed by atoms with E-state index in [1.165, 1.54) is 19.3 Å². The number of nitrogens with zero attached hydrogens (tertiary/aromatic N) is 3. The Morgan fingerprint density at radius 1 is 1.21 bits per heavy atom. The van der Waals surface area contributed by atoms with Crippen molar-refractivity contribution < 1.29 is 4.79 Å². The van der Waals surface area contributed by atoms with E-state index in [2.05, 4.69) is 21.5 Å². The summed E-state index contributed by atoms with van der Waals surface area (Å²) in [5.41, 5.74) is 1.05. The van der Waals surface area contributed by atoms with E-state index in [0.717, 1.165) is 24.0 Å². The summed E-state index contributed by atoms with van der Waals surface area (Å²) in [5, 5.41) is 1.41. The number of piperidine rings is 1. The van der Waals surface area contributed by atoms with Crippen molar-refractivity contribution in [1.29, 1.82) is 0 Å². The van der Waals surface area contributed by atoms with Gasteiger partial charge in [0.15, 0.2) is 0 Å². The van der Waals surface area contributed by atoms with Crippen LogP contribution in [0.2, 0.25) is 0 Å². The average Bonchev–Trinajstić information content (AvgIpc) is 2.82. The number of para-hydroxylation sites is 1. The molecule has 4 heteroatoms. The Hall–Kier alpha value is -1.81. The molecular weight excluding hydrogens is 238 g/mol. The van der Waals surface area contributed by atoms with Crippen LogP contribution >= 0.6 is 0 Å². The number of amides is 2. The third-order valence-corrected chi connectivity index (χ3v) is 3.80. The van der Waals surface area contributed by atoms with E-state index in [1.807, 2.05) is 24.3 Å². The summed E-state index contributed by atoms with van der Waals surface area (Å²) in [4.78, 5) is 21.7. The van der Waals surface area contributed by atoms with Crippen LogP contribution in [0.5, 0.6) is 0 Å². The number of fused-ring (bicyclic) bond motifs is 1. The van der Waals surface area contributed by atoms with E-state index in [4.69, 9.17) is 0 Å². The average molecular weight is 255 g/mol. The zero-order chi connectivity index (χ0) is 13.2. The van der Waals surface area contributed by atoms with Crippen molar-refractivity contribution in [1.82, 2.24) is 4.90 Å². The number of hydrogen-bond acceptors (Lipinski definition) is 2. The summed E-state index contributed by atoms with van der Waals surface area (Å²) in [7, 11) is 0. The van der Waals surface area contributed by atoms with E-state index >= 15 is 0 Å². The number of carbonyl (C=O) groups excluding carboxylic acids is 1. The first-order valence-electron chi connectivity index (χ1n) is 6.76. The molecule has 0 aliphatic carbocycles. The van der Waals surface area contributed by atoms with Crippen LogP contribution in [-0.2, 0) is 0 Å². The SMILES string of the molecule is C=CC(c1cccc2c1=NC(=O)N=2)N1CCCCC1. The minimum atomic E-state index is -0.399. The molecule has 0 spiro atoms. The van der Waals surface area contributed by atoms with Gasteiger partial charge in [0.1, 0.15) is 0 Å². The summed E-state index contributed by atoms with van der Waals surface area (Å²) in [6.07, 6.45) is 5.68. The highest BCUT2D eigenvalue weighted by atomic mass is 16.2. The highest BCUT2D eigenvalue weighted by Gasteiger charge is 2.22. The van der Waals surface area contributed by atoms with Crippen LogP contribution in [0.1, 0.15) is 30.9 Å². The molecule has 0 bridgehead atoms. The van der Waals surface area contributed by atoms with Crippen LogP contribution < -0.4 is 10.7 Å². The lowest BCUT2D eigenvalue weighted by Gasteiger charge is -2.32. The van der Waals surface area contributed by atoms with Gasteiger partial charge in [0.05, 0.1) is 16.8 Å². The summed E-state index contributed by atoms with van der Waals surface area (Å²) in [5.74, 6) is 0. The fourth-order valence-corrected chi connectivity index (χ4v) is 2.89. The van der Waals surface area contributed by atoms with E-state index < -0.39 is 6.03 Å². The van der Waals surface area contributed by atoms with Gasteiger partial charge in [-0.05, 0) is 32.0 Å². The second-order valence-electron chi connectivity index (χ2n) is 5.00. The molecule has 98 valence electrons. The fraction of sp³-hybridized carbons (Fsp3) is 0.400. The maximum absolute atomic E-state index is 11.4. The lowest BCUT2D eigenvalue weighted by Crippen LogP contribution is -2.37. The molecule has 1 unspecified atom stereocenters. The van der Waals surface area contributed by atoms with Crippen molar-refractivity contribution in [2.24, 2.45) is 9.98 Å². The quantitative estimate of drug-likeness (QED) is 0.773. The van der Waals surface area contributed by atoms with Crippen LogP contribution in [0.3, 0.4) is 0 Å². The molecule has 1 fully saturated rings. The van der Waals surface area contributed by atoms with Crippen molar-refractivity contribution in [3.05, 3.63) is 47.1 Å². The van der Waals surface area contributed by atoms with Crippen molar-refractivity contribution >= 4 is 6.03 Å². The van der Waals surface area contributed by atoms with Gasteiger partial charge in [-0.3, -0.25) is 4.90 Å². The summed E-state index contributed by atoms with van der Waals surface area (Å²) >= 11 is 0. The molecule has 2 heterocycles. The molecule has 2 amide bonds. The van der Waals surface area contributed by atoms with Gasteiger partial charge in [0, 0.05) is 5.56 Å². The second-order valence-corrected chi connectivity index (χ2v) is 5.00. The Balaban J connectivity index is 2.04. The Bertz CT molecular complexity index is 629. The van der Waals surface area contributed by atoms with Crippen LogP contribution in [0.15, 0.2) is 40.8 Å². The molecule has 1 atom stereocenters. The number of benzene rings is 1. The summed E-state index contributed by atoms with van der Waals surface area (Å²) in [6, 6.07) is 5.52. The van der Waals surface area contributed by atoms with Crippen molar-refractivity contribution in [2.75, 3.05) is 13.1 Å². The van der Waals surface area contributed by atoms with Crippen LogP contribution in [-0.4, -0.2) is 24.0 Å². The van der Waals surface area contributed by atoms with E-state index in [-0.39, 0.29) is 6.04 Å². The first-order valence-corrected chi connectivity index (χ1v) is 6.76. The monoisotopic (exact) mass is 255 g/mol. The third-order valence-electron chi connectivity index (χ3n) is 3.80. The van der Waals surface area contributed by atoms with Gasteiger partial charge in [-0.1, -0.05) is 24.6 Å². The minimum absolute atomic E-state index is 0.125. The maximum atomic E-state index is 11.4. The van der Waals surface area contributed by atoms with Crippen LogP contribution in [0.25, 0.3) is 0 Å². The Morgan fingerprint density at radius 2 is 2.00 bits per heavy atom. The maximum Gasteiger partial charge on any atom is 0.368 e. The minimum Gasteiger partial charge on any atom is -0.293 e. The third kappa shape index (κ3) is 2.24. The summed E-state index contributed by atoms with van der Waals surface area (Å²) < 4.78 is 0. The Morgan fingerprint density at radius 3 is 2.74 bits per heavy atom. The van der Waals surface area contributed by atoms with E-state index in [1.54, 1.807) is 0 Å². The predicted octanol–water partition coefficient (Wildman–Crippen LogP) is 1.77. The van der Waals surface area contributed by atoms with Crippen molar-refractivity contribution in [3.63, 3.8) is 0 Å². The van der Waals surface area contributed by atoms with Gasteiger partial charge in [0.2, 0.25) is 0 Å². The van der Waals surface area contributed by atoms with Gasteiger partial charge in [-0.25, -0.2) is 4.79 Å². The molecular formula is C15H17N3O. The van der Waals surface area contributed by atoms with E-state index in [0.29, 0.717) is 5.36 Å². The molecule has 3 rings (SSSR count). The molecule has 4 nitrogen and oxygen atoms in total. The lowest BCUT2D eigenvalue weighted by molar-refractivity contribution is 0.191. The molecule has 0 aromatic heterocycles. The molecule has 1 aromatic carbocycles. The van der Waals surface area contributed by atoms with Crippen LogP contribution in [0, 0.1) is 0 Å². The molecule has 19 heavy (non-hydrogen) atoms. The molecule has 0 saturated carbocycles. The molecule has 1 aromatic rings. The largest absolute Gasteiger partial charge is 0.368 e. The molecule has 2 aliphatic heterocycles. The van der Waals surface area contributed by atoms with Crippen molar-refractivity contribution in [3.8, 4) is 0 Å². The highest BCUT2D eigenvalue weighted by molar-refractivity contribution is 5.77. The fourth-order valence-electron chi connectivity index (χ4n) is 2.89. The number of hydrogen-bond donors (Lipinski definition) is 0. The first kappa shape index (κ1) is 12.2. The number of urea groups is 1. The number of likely N-dealkylation sites (tertiary alicyclic amines) is 1. The normalized spacial score (nSPS) is 20.3. The van der Waals surface area contributed by atoms with Gasteiger partial charge in [0.25, 0.3) is 0 Å². The molecule has 2 aliphatic rings. The predicted molar refractivity (Wildman–Crippen MR) is 72.5 cm³/mol. The van der Waals surface area contributed by atoms with Crippen LogP contribution in [0.4, 0.5) is 4.79 Å². The topological polar surface area (TPSA) is 45.0 Å². The first-order chi connectivity index (χ1) is 9.29. The Kier molecular flexibility index (Phi) is 3.25. The van der Waals surface area contributed by atoms with Gasteiger partial charge in [-0.15, -0.1) is 6.58 Å². The molecule has 0 radical (unpaired) electrons. The summed E-state index contributed by atoms with van der Waals surface area (Å²) in [6.45, 7) is 6.11. The number of rotatable bonds is 3. The van der Waals surface area contributed by atoms with Crippen molar-refractivity contribution in [2.45, 2.75) is 25.3 Å². The molecule has 1 saturated heterocycles. The second kappa shape index (κ2) is 5.05. The van der Waals surface area contributed by atoms with Gasteiger partial charge >= 0.3 is 6.03 Å². The Labute approximate surface area is 112 Å². The smallest absolute Gasteiger partial charge is 0.293 e. The highest BCUT2D eigenvalue weighted by Crippen LogP contribution is 2.23. The van der Waals surface area contributed by atoms with Gasteiger partial charge in [-0.2, -0.15) is 9.98 Å². The standard InChI is InChI=1S/C15H17N3O/c1-2-13(18-9-4-3-5-10-18)11-7-6-8-12-14(11)17-15(19)16-12/h2,6-8,13H,1,3-5,9-10H2. The van der Waals surface area contributed by atoms with Gasteiger partial charge < -0.3 is 0 Å². The lowest BCUT2D eigenvalue weighted by atomic mass is 10.0. The zero-order valence-electron chi connectivity index (χ0n) is 10.9. The number of carbonyl (C=O) groups is 1. The molecule has 0 N–H and O–H groups in total. The van der Waals surface area contributed by atoms with E-state index in [9.17, 15) is 4.79 Å². The zero-order valence-corrected chi connectivity index (χ0v) is 10.9.